The fourth-order valence-electron chi connectivity index (χ4n) is 1.43. The van der Waals surface area contributed by atoms with Gasteiger partial charge in [0.25, 0.3) is 0 Å². The normalized spacial score (nSPS) is 10.4. The van der Waals surface area contributed by atoms with E-state index in [1.165, 1.54) is 0 Å². The zero-order valence-electron chi connectivity index (χ0n) is 10.6. The predicted octanol–water partition coefficient (Wildman–Crippen LogP) is 1.87. The van der Waals surface area contributed by atoms with E-state index in [4.69, 9.17) is 10.5 Å². The van der Waals surface area contributed by atoms with Gasteiger partial charge in [0, 0.05) is 6.04 Å². The molecule has 0 aliphatic carbocycles. The highest BCUT2D eigenvalue weighted by Crippen LogP contribution is 2.24. The van der Waals surface area contributed by atoms with Crippen molar-refractivity contribution < 1.29 is 9.53 Å². The number of aryl methyl sites for hydroxylation is 1. The average molecular weight is 236 g/mol. The van der Waals surface area contributed by atoms with Crippen molar-refractivity contribution >= 4 is 11.6 Å². The van der Waals surface area contributed by atoms with Gasteiger partial charge in [-0.15, -0.1) is 0 Å². The average Bonchev–Trinajstić information content (AvgIpc) is 2.23. The van der Waals surface area contributed by atoms with Crippen molar-refractivity contribution in [3.05, 3.63) is 23.8 Å². The Bertz CT molecular complexity index is 389. The van der Waals surface area contributed by atoms with Crippen LogP contribution in [0.1, 0.15) is 25.8 Å². The largest absolute Gasteiger partial charge is 0.491 e. The van der Waals surface area contributed by atoms with Crippen LogP contribution in [0.5, 0.6) is 5.75 Å². The van der Waals surface area contributed by atoms with E-state index in [0.717, 1.165) is 5.56 Å². The molecule has 0 atom stereocenters. The van der Waals surface area contributed by atoms with Crippen LogP contribution in [-0.4, -0.2) is 18.6 Å². The molecule has 0 bridgehead atoms. The van der Waals surface area contributed by atoms with Gasteiger partial charge in [-0.05, 0) is 32.4 Å². The minimum absolute atomic E-state index is 0.00813. The third kappa shape index (κ3) is 4.34. The first-order valence-corrected chi connectivity index (χ1v) is 5.78. The van der Waals surface area contributed by atoms with Gasteiger partial charge in [0.1, 0.15) is 5.75 Å². The molecule has 0 heterocycles. The van der Waals surface area contributed by atoms with Crippen LogP contribution in [0.25, 0.3) is 0 Å². The Morgan fingerprint density at radius 1 is 1.47 bits per heavy atom. The summed E-state index contributed by atoms with van der Waals surface area (Å²) in [6, 6.07) is 5.78. The molecule has 1 aromatic rings. The van der Waals surface area contributed by atoms with Crippen LogP contribution in [0.3, 0.4) is 0 Å². The third-order valence-corrected chi connectivity index (χ3v) is 2.32. The number of carbonyl (C=O) groups is 1. The summed E-state index contributed by atoms with van der Waals surface area (Å²) in [5, 5.41) is 2.80. The number of rotatable bonds is 5. The topological polar surface area (TPSA) is 64.3 Å². The Morgan fingerprint density at radius 2 is 2.18 bits per heavy atom. The maximum absolute atomic E-state index is 11.4. The van der Waals surface area contributed by atoms with Crippen molar-refractivity contribution in [3.63, 3.8) is 0 Å². The highest BCUT2D eigenvalue weighted by atomic mass is 16.5. The van der Waals surface area contributed by atoms with E-state index in [1.54, 1.807) is 0 Å². The fraction of sp³-hybridized carbons (Fsp3) is 0.462. The Hall–Kier alpha value is -1.71. The van der Waals surface area contributed by atoms with Crippen LogP contribution >= 0.6 is 0 Å². The Balaban J connectivity index is 2.41. The van der Waals surface area contributed by atoms with E-state index in [-0.39, 0.29) is 11.9 Å². The first-order chi connectivity index (χ1) is 8.00. The van der Waals surface area contributed by atoms with Gasteiger partial charge in [-0.25, -0.2) is 0 Å². The van der Waals surface area contributed by atoms with Crippen LogP contribution in [0.2, 0.25) is 0 Å². The third-order valence-electron chi connectivity index (χ3n) is 2.32. The molecule has 0 saturated carbocycles. The van der Waals surface area contributed by atoms with E-state index >= 15 is 0 Å². The number of anilines is 1. The summed E-state index contributed by atoms with van der Waals surface area (Å²) >= 11 is 0. The number of benzene rings is 1. The molecule has 4 nitrogen and oxygen atoms in total. The molecular formula is C13H20N2O2. The van der Waals surface area contributed by atoms with Gasteiger partial charge in [-0.2, -0.15) is 0 Å². The van der Waals surface area contributed by atoms with Gasteiger partial charge < -0.3 is 15.8 Å². The monoisotopic (exact) mass is 236 g/mol. The smallest absolute Gasteiger partial charge is 0.223 e. The lowest BCUT2D eigenvalue weighted by Crippen LogP contribution is -2.31. The molecule has 0 aromatic heterocycles. The molecule has 17 heavy (non-hydrogen) atoms. The van der Waals surface area contributed by atoms with Crippen molar-refractivity contribution in [1.29, 1.82) is 0 Å². The molecule has 3 N–H and O–H groups in total. The van der Waals surface area contributed by atoms with E-state index in [2.05, 4.69) is 5.32 Å². The Labute approximate surface area is 102 Å². The van der Waals surface area contributed by atoms with Crippen LogP contribution in [0.15, 0.2) is 18.2 Å². The number of amides is 1. The van der Waals surface area contributed by atoms with Gasteiger partial charge in [0.2, 0.25) is 5.91 Å². The SMILES string of the molecule is Cc1cccc(OCCC(=O)NC(C)C)c1N. The summed E-state index contributed by atoms with van der Waals surface area (Å²) < 4.78 is 5.48. The van der Waals surface area contributed by atoms with E-state index < -0.39 is 0 Å². The molecule has 0 radical (unpaired) electrons. The molecule has 0 fully saturated rings. The molecule has 0 unspecified atom stereocenters. The number of nitrogens with two attached hydrogens (primary N) is 1. The zero-order valence-corrected chi connectivity index (χ0v) is 10.6. The second-order valence-electron chi connectivity index (χ2n) is 4.31. The second kappa shape index (κ2) is 6.13. The first-order valence-electron chi connectivity index (χ1n) is 5.78. The molecule has 94 valence electrons. The summed E-state index contributed by atoms with van der Waals surface area (Å²) in [5.74, 6) is 0.633. The van der Waals surface area contributed by atoms with Crippen LogP contribution in [0.4, 0.5) is 5.69 Å². The van der Waals surface area contributed by atoms with Crippen molar-refractivity contribution in [1.82, 2.24) is 5.32 Å². The summed E-state index contributed by atoms with van der Waals surface area (Å²) in [7, 11) is 0. The summed E-state index contributed by atoms with van der Waals surface area (Å²) in [6.45, 7) is 6.12. The molecule has 0 aliphatic rings. The van der Waals surface area contributed by atoms with Crippen molar-refractivity contribution in [2.45, 2.75) is 33.2 Å². The van der Waals surface area contributed by atoms with Crippen molar-refractivity contribution in [2.75, 3.05) is 12.3 Å². The van der Waals surface area contributed by atoms with E-state index in [1.807, 2.05) is 39.0 Å². The minimum Gasteiger partial charge on any atom is -0.491 e. The second-order valence-corrected chi connectivity index (χ2v) is 4.31. The van der Waals surface area contributed by atoms with Gasteiger partial charge in [-0.1, -0.05) is 12.1 Å². The number of carbonyl (C=O) groups excluding carboxylic acids is 1. The molecule has 0 spiro atoms. The fourth-order valence-corrected chi connectivity index (χ4v) is 1.43. The Morgan fingerprint density at radius 3 is 2.82 bits per heavy atom. The molecule has 0 aliphatic heterocycles. The highest BCUT2D eigenvalue weighted by Gasteiger charge is 2.05. The van der Waals surface area contributed by atoms with Gasteiger partial charge >= 0.3 is 0 Å². The molecule has 4 heteroatoms. The lowest BCUT2D eigenvalue weighted by atomic mass is 10.2. The predicted molar refractivity (Wildman–Crippen MR) is 69.0 cm³/mol. The van der Waals surface area contributed by atoms with Gasteiger partial charge in [0.15, 0.2) is 0 Å². The van der Waals surface area contributed by atoms with E-state index in [0.29, 0.717) is 24.5 Å². The summed E-state index contributed by atoms with van der Waals surface area (Å²) in [6.07, 6.45) is 0.339. The molecule has 0 saturated heterocycles. The quantitative estimate of drug-likeness (QED) is 0.767. The number of para-hydroxylation sites is 1. The van der Waals surface area contributed by atoms with Crippen molar-refractivity contribution in [3.8, 4) is 5.75 Å². The number of hydrogen-bond acceptors (Lipinski definition) is 3. The molecule has 1 rings (SSSR count). The van der Waals surface area contributed by atoms with Crippen LogP contribution < -0.4 is 15.8 Å². The van der Waals surface area contributed by atoms with Gasteiger partial charge in [-0.3, -0.25) is 4.79 Å². The lowest BCUT2D eigenvalue weighted by Gasteiger charge is -2.11. The number of ether oxygens (including phenoxy) is 1. The van der Waals surface area contributed by atoms with Gasteiger partial charge in [0.05, 0.1) is 18.7 Å². The molecule has 1 aromatic carbocycles. The van der Waals surface area contributed by atoms with Crippen LogP contribution in [-0.2, 0) is 4.79 Å². The Kier molecular flexibility index (Phi) is 4.82. The standard InChI is InChI=1S/C13H20N2O2/c1-9(2)15-12(16)7-8-17-11-6-4-5-10(3)13(11)14/h4-6,9H,7-8,14H2,1-3H3,(H,15,16). The maximum Gasteiger partial charge on any atom is 0.223 e. The van der Waals surface area contributed by atoms with Crippen molar-refractivity contribution in [2.24, 2.45) is 0 Å². The highest BCUT2D eigenvalue weighted by molar-refractivity contribution is 5.76. The number of hydrogen-bond donors (Lipinski definition) is 2. The van der Waals surface area contributed by atoms with E-state index in [9.17, 15) is 4.79 Å². The van der Waals surface area contributed by atoms with Crippen LogP contribution in [0, 0.1) is 6.92 Å². The molecule has 1 amide bonds. The maximum atomic E-state index is 11.4. The lowest BCUT2D eigenvalue weighted by molar-refractivity contribution is -0.122. The zero-order chi connectivity index (χ0) is 12.8. The number of nitrogen functional groups attached to an aromatic ring is 1. The summed E-state index contributed by atoms with van der Waals surface area (Å²) in [4.78, 5) is 11.4. The minimum atomic E-state index is -0.00813. The number of nitrogens with one attached hydrogen (secondary N) is 1. The summed E-state index contributed by atoms with van der Waals surface area (Å²) in [5.41, 5.74) is 7.47. The molecular weight excluding hydrogens is 216 g/mol. The first kappa shape index (κ1) is 13.4.